The van der Waals surface area contributed by atoms with Crippen molar-refractivity contribution in [2.24, 2.45) is 5.41 Å². The number of hydrogen-bond acceptors (Lipinski definition) is 5. The van der Waals surface area contributed by atoms with Crippen molar-refractivity contribution in [2.45, 2.75) is 66.0 Å². The molecule has 10 nitrogen and oxygen atoms in total. The van der Waals surface area contributed by atoms with Crippen LogP contribution in [0.25, 0.3) is 5.69 Å². The number of hydrogen-bond donors (Lipinski definition) is 3. The van der Waals surface area contributed by atoms with Crippen LogP contribution in [0.15, 0.2) is 79.0 Å². The molecule has 0 fully saturated rings. The lowest BCUT2D eigenvalue weighted by atomic mass is 9.81. The van der Waals surface area contributed by atoms with E-state index in [0.717, 1.165) is 23.8 Å². The first-order valence-electron chi connectivity index (χ1n) is 16.0. The van der Waals surface area contributed by atoms with Crippen molar-refractivity contribution in [3.63, 3.8) is 0 Å². The number of carbonyl (C=O) groups excluding carboxylic acids is 2. The Kier molecular flexibility index (Phi) is 11.4. The van der Waals surface area contributed by atoms with Gasteiger partial charge in [0, 0.05) is 48.6 Å². The molecule has 0 saturated carbocycles. The van der Waals surface area contributed by atoms with E-state index in [1.165, 1.54) is 4.68 Å². The molecule has 12 heteroatoms. The van der Waals surface area contributed by atoms with Gasteiger partial charge in [-0.2, -0.15) is 5.10 Å². The van der Waals surface area contributed by atoms with Crippen molar-refractivity contribution in [3.05, 3.63) is 113 Å². The molecule has 1 aromatic heterocycles. The maximum absolute atomic E-state index is 15.0. The van der Waals surface area contributed by atoms with Crippen molar-refractivity contribution < 1.29 is 33.0 Å². The fraction of sp³-hybridized carbons (Fsp3) is 0.351. The lowest BCUT2D eigenvalue weighted by Crippen LogP contribution is -2.43. The van der Waals surface area contributed by atoms with Gasteiger partial charge in [0.1, 0.15) is 22.9 Å². The van der Waals surface area contributed by atoms with Gasteiger partial charge in [0.15, 0.2) is 0 Å². The second-order valence-electron chi connectivity index (χ2n) is 13.8. The SMILES string of the molecule is CC(C)(C)OC(=O)Nc1ccc(C(=O)N(CCCNC(=O)O)C(c2nn(-c3cc(F)ccc3F)cc2Cc2ccccc2)C(C)(C)C)cc1. The summed E-state index contributed by atoms with van der Waals surface area (Å²) in [5.41, 5.74) is 1.48. The molecule has 3 aromatic carbocycles. The number of anilines is 1. The number of ether oxygens (including phenoxy) is 1. The number of aromatic nitrogens is 2. The van der Waals surface area contributed by atoms with Crippen LogP contribution in [-0.4, -0.2) is 56.6 Å². The predicted molar refractivity (Wildman–Crippen MR) is 183 cm³/mol. The molecular formula is C37H43F2N5O5. The lowest BCUT2D eigenvalue weighted by Gasteiger charge is -2.40. The molecule has 3 amide bonds. The molecule has 0 radical (unpaired) electrons. The van der Waals surface area contributed by atoms with E-state index < -0.39 is 40.9 Å². The Labute approximate surface area is 285 Å². The van der Waals surface area contributed by atoms with Gasteiger partial charge in [-0.05, 0) is 74.6 Å². The van der Waals surface area contributed by atoms with Crippen LogP contribution >= 0.6 is 0 Å². The van der Waals surface area contributed by atoms with E-state index >= 15 is 4.39 Å². The van der Waals surface area contributed by atoms with Gasteiger partial charge in [-0.25, -0.2) is 23.1 Å². The Morgan fingerprint density at radius 1 is 0.959 bits per heavy atom. The minimum atomic E-state index is -1.18. The van der Waals surface area contributed by atoms with Crippen LogP contribution in [0.3, 0.4) is 0 Å². The van der Waals surface area contributed by atoms with Crippen molar-refractivity contribution in [3.8, 4) is 5.69 Å². The van der Waals surface area contributed by atoms with Gasteiger partial charge in [-0.3, -0.25) is 10.1 Å². The van der Waals surface area contributed by atoms with Gasteiger partial charge in [0.25, 0.3) is 5.91 Å². The average molecular weight is 676 g/mol. The van der Waals surface area contributed by atoms with Gasteiger partial charge in [-0.15, -0.1) is 0 Å². The molecule has 49 heavy (non-hydrogen) atoms. The molecule has 4 rings (SSSR count). The topological polar surface area (TPSA) is 126 Å². The Morgan fingerprint density at radius 3 is 2.24 bits per heavy atom. The van der Waals surface area contributed by atoms with Crippen LogP contribution < -0.4 is 10.6 Å². The minimum absolute atomic E-state index is 0.0789. The van der Waals surface area contributed by atoms with Gasteiger partial charge >= 0.3 is 12.2 Å². The number of carboxylic acid groups (broad SMARTS) is 1. The molecular weight excluding hydrogens is 632 g/mol. The first kappa shape index (κ1) is 36.6. The normalized spacial score (nSPS) is 12.2. The molecule has 0 spiro atoms. The molecule has 4 aromatic rings. The number of rotatable bonds is 11. The van der Waals surface area contributed by atoms with Crippen LogP contribution in [0.4, 0.5) is 24.1 Å². The standard InChI is InChI=1S/C37H43F2N5O5/c1-36(2,3)32(31-26(21-24-11-8-7-9-12-24)23-44(42-31)30-22-27(38)15-18-29(30)39)43(20-10-19-40-34(46)47)33(45)25-13-16-28(17-14-25)41-35(48)49-37(4,5)6/h7-9,11-18,22-23,32,40H,10,19-21H2,1-6H3,(H,41,48)(H,46,47). The van der Waals surface area contributed by atoms with E-state index in [1.54, 1.807) is 56.1 Å². The molecule has 0 bridgehead atoms. The minimum Gasteiger partial charge on any atom is -0.465 e. The maximum Gasteiger partial charge on any atom is 0.412 e. The summed E-state index contributed by atoms with van der Waals surface area (Å²) in [7, 11) is 0. The molecule has 0 saturated heterocycles. The van der Waals surface area contributed by atoms with Gasteiger partial charge in [-0.1, -0.05) is 51.1 Å². The number of nitrogens with zero attached hydrogens (tertiary/aromatic N) is 3. The second kappa shape index (κ2) is 15.3. The highest BCUT2D eigenvalue weighted by Crippen LogP contribution is 2.41. The van der Waals surface area contributed by atoms with Crippen LogP contribution in [0.5, 0.6) is 0 Å². The average Bonchev–Trinajstić information content (AvgIpc) is 3.41. The molecule has 1 atom stereocenters. The van der Waals surface area contributed by atoms with Crippen LogP contribution in [0, 0.1) is 17.0 Å². The van der Waals surface area contributed by atoms with Crippen LogP contribution in [0.1, 0.15) is 81.2 Å². The third-order valence-corrected chi connectivity index (χ3v) is 7.50. The smallest absolute Gasteiger partial charge is 0.412 e. The van der Waals surface area contributed by atoms with Crippen LogP contribution in [0.2, 0.25) is 0 Å². The van der Waals surface area contributed by atoms with E-state index in [0.29, 0.717) is 28.9 Å². The molecule has 3 N–H and O–H groups in total. The maximum atomic E-state index is 15.0. The van der Waals surface area contributed by atoms with E-state index in [1.807, 2.05) is 51.1 Å². The van der Waals surface area contributed by atoms with Gasteiger partial charge in [0.2, 0.25) is 0 Å². The zero-order chi connectivity index (χ0) is 35.9. The number of halogens is 2. The van der Waals surface area contributed by atoms with Crippen molar-refractivity contribution in [1.29, 1.82) is 0 Å². The Balaban J connectivity index is 1.79. The Morgan fingerprint density at radius 2 is 1.63 bits per heavy atom. The van der Waals surface area contributed by atoms with Crippen molar-refractivity contribution in [2.75, 3.05) is 18.4 Å². The summed E-state index contributed by atoms with van der Waals surface area (Å²) >= 11 is 0. The Bertz CT molecular complexity index is 1760. The van der Waals surface area contributed by atoms with E-state index in [-0.39, 0.29) is 31.1 Å². The fourth-order valence-corrected chi connectivity index (χ4v) is 5.49. The summed E-state index contributed by atoms with van der Waals surface area (Å²) in [6, 6.07) is 18.4. The van der Waals surface area contributed by atoms with Gasteiger partial charge < -0.3 is 20.1 Å². The molecule has 0 aliphatic carbocycles. The summed E-state index contributed by atoms with van der Waals surface area (Å²) in [4.78, 5) is 39.6. The van der Waals surface area contributed by atoms with Crippen molar-refractivity contribution in [1.82, 2.24) is 20.0 Å². The zero-order valence-corrected chi connectivity index (χ0v) is 28.6. The quantitative estimate of drug-likeness (QED) is 0.139. The third-order valence-electron chi connectivity index (χ3n) is 7.50. The van der Waals surface area contributed by atoms with Crippen molar-refractivity contribution >= 4 is 23.8 Å². The predicted octanol–water partition coefficient (Wildman–Crippen LogP) is 7.98. The largest absolute Gasteiger partial charge is 0.465 e. The molecule has 1 heterocycles. The summed E-state index contributed by atoms with van der Waals surface area (Å²) < 4.78 is 36.0. The summed E-state index contributed by atoms with van der Waals surface area (Å²) in [6.45, 7) is 11.4. The summed E-state index contributed by atoms with van der Waals surface area (Å²) in [5, 5.41) is 19.0. The van der Waals surface area contributed by atoms with E-state index in [9.17, 15) is 18.8 Å². The van der Waals surface area contributed by atoms with E-state index in [4.69, 9.17) is 14.9 Å². The Hall–Kier alpha value is -5.26. The monoisotopic (exact) mass is 675 g/mol. The van der Waals surface area contributed by atoms with Gasteiger partial charge in [0.05, 0.1) is 11.7 Å². The first-order valence-corrected chi connectivity index (χ1v) is 16.0. The lowest BCUT2D eigenvalue weighted by molar-refractivity contribution is 0.0496. The number of amides is 3. The number of nitrogens with one attached hydrogen (secondary N) is 2. The second-order valence-corrected chi connectivity index (χ2v) is 13.8. The molecule has 260 valence electrons. The highest BCUT2D eigenvalue weighted by molar-refractivity contribution is 5.95. The van der Waals surface area contributed by atoms with E-state index in [2.05, 4.69) is 10.6 Å². The first-order chi connectivity index (χ1) is 23.0. The summed E-state index contributed by atoms with van der Waals surface area (Å²) in [5.74, 6) is -1.66. The fourth-order valence-electron chi connectivity index (χ4n) is 5.49. The molecule has 0 aliphatic heterocycles. The number of carbonyl (C=O) groups is 3. The third kappa shape index (κ3) is 10.1. The summed E-state index contributed by atoms with van der Waals surface area (Å²) in [6.07, 6.45) is 0.524. The number of benzene rings is 3. The zero-order valence-electron chi connectivity index (χ0n) is 28.6. The van der Waals surface area contributed by atoms with Crippen LogP contribution in [-0.2, 0) is 11.2 Å². The molecule has 1 unspecified atom stereocenters. The molecule has 0 aliphatic rings. The highest BCUT2D eigenvalue weighted by Gasteiger charge is 2.38. The highest BCUT2D eigenvalue weighted by atomic mass is 19.1.